The predicted molar refractivity (Wildman–Crippen MR) is 107 cm³/mol. The molecule has 0 saturated carbocycles. The molecule has 144 valence electrons. The molecule has 1 amide bonds. The molecule has 1 atom stereocenters. The summed E-state index contributed by atoms with van der Waals surface area (Å²) in [6.07, 6.45) is 3.29. The molecule has 0 aromatic carbocycles. The maximum absolute atomic E-state index is 12.9. The molecule has 1 N–H and O–H groups in total. The fraction of sp³-hybridized carbons (Fsp3) is 0.300. The number of likely N-dealkylation sites (tertiary alicyclic amines) is 1. The van der Waals surface area contributed by atoms with E-state index in [9.17, 15) is 9.59 Å². The number of pyridine rings is 1. The molecule has 0 bridgehead atoms. The molecule has 0 spiro atoms. The normalized spacial score (nSPS) is 16.8. The summed E-state index contributed by atoms with van der Waals surface area (Å²) in [5, 5.41) is 1.96. The van der Waals surface area contributed by atoms with Gasteiger partial charge in [-0.3, -0.25) is 9.59 Å². The number of methoxy groups -OCH3 is 1. The van der Waals surface area contributed by atoms with Crippen molar-refractivity contribution in [3.05, 3.63) is 63.7 Å². The van der Waals surface area contributed by atoms with Crippen molar-refractivity contribution in [1.29, 1.82) is 0 Å². The Hall–Kier alpha value is -3.00. The highest BCUT2D eigenvalue weighted by Crippen LogP contribution is 2.28. The van der Waals surface area contributed by atoms with Crippen molar-refractivity contribution in [2.75, 3.05) is 20.2 Å². The molecule has 4 rings (SSSR count). The lowest BCUT2D eigenvalue weighted by Gasteiger charge is -2.32. The quantitative estimate of drug-likeness (QED) is 0.733. The van der Waals surface area contributed by atoms with Crippen LogP contribution in [0, 0.1) is 0 Å². The van der Waals surface area contributed by atoms with E-state index in [0.29, 0.717) is 36.1 Å². The number of H-pyrrole nitrogens is 1. The fourth-order valence-corrected chi connectivity index (χ4v) is 4.13. The number of amides is 1. The van der Waals surface area contributed by atoms with Gasteiger partial charge in [0.25, 0.3) is 11.5 Å². The van der Waals surface area contributed by atoms with Gasteiger partial charge in [0.1, 0.15) is 5.82 Å². The highest BCUT2D eigenvalue weighted by molar-refractivity contribution is 7.13. The molecule has 0 aliphatic carbocycles. The number of carbonyl (C=O) groups is 1. The first-order valence-corrected chi connectivity index (χ1v) is 9.96. The van der Waals surface area contributed by atoms with Gasteiger partial charge in [-0.25, -0.2) is 9.97 Å². The Kier molecular flexibility index (Phi) is 5.21. The Morgan fingerprint density at radius 1 is 1.36 bits per heavy atom. The number of aromatic amines is 1. The van der Waals surface area contributed by atoms with Gasteiger partial charge in [0.15, 0.2) is 0 Å². The van der Waals surface area contributed by atoms with Crippen molar-refractivity contribution in [3.63, 3.8) is 0 Å². The fourth-order valence-electron chi connectivity index (χ4n) is 3.44. The third-order valence-corrected chi connectivity index (χ3v) is 5.71. The zero-order valence-electron chi connectivity index (χ0n) is 15.4. The van der Waals surface area contributed by atoms with Crippen LogP contribution in [0.25, 0.3) is 10.6 Å². The van der Waals surface area contributed by atoms with Crippen molar-refractivity contribution in [3.8, 4) is 16.5 Å². The molecule has 1 aliphatic rings. The Bertz CT molecular complexity index is 1030. The van der Waals surface area contributed by atoms with Gasteiger partial charge in [-0.05, 0) is 30.4 Å². The van der Waals surface area contributed by atoms with Gasteiger partial charge in [0.05, 0.1) is 17.7 Å². The van der Waals surface area contributed by atoms with E-state index in [-0.39, 0.29) is 17.4 Å². The van der Waals surface area contributed by atoms with Crippen LogP contribution in [-0.2, 0) is 0 Å². The third-order valence-electron chi connectivity index (χ3n) is 4.82. The van der Waals surface area contributed by atoms with Crippen LogP contribution in [0.3, 0.4) is 0 Å². The summed E-state index contributed by atoms with van der Waals surface area (Å²) in [7, 11) is 1.52. The molecule has 8 heteroatoms. The zero-order chi connectivity index (χ0) is 19.5. The number of carbonyl (C=O) groups excluding carboxylic acids is 1. The molecule has 28 heavy (non-hydrogen) atoms. The van der Waals surface area contributed by atoms with Crippen LogP contribution < -0.4 is 10.3 Å². The molecular weight excluding hydrogens is 376 g/mol. The van der Waals surface area contributed by atoms with E-state index in [0.717, 1.165) is 17.7 Å². The van der Waals surface area contributed by atoms with Crippen molar-refractivity contribution in [2.45, 2.75) is 18.8 Å². The summed E-state index contributed by atoms with van der Waals surface area (Å²) in [5.74, 6) is 0.978. The van der Waals surface area contributed by atoms with E-state index in [1.165, 1.54) is 13.2 Å². The number of hydrogen-bond donors (Lipinski definition) is 1. The minimum absolute atomic E-state index is 0.00551. The minimum Gasteiger partial charge on any atom is -0.481 e. The van der Waals surface area contributed by atoms with Gasteiger partial charge in [0, 0.05) is 42.9 Å². The Morgan fingerprint density at radius 2 is 2.25 bits per heavy atom. The largest absolute Gasteiger partial charge is 0.481 e. The number of thiophene rings is 1. The monoisotopic (exact) mass is 396 g/mol. The number of nitrogens with one attached hydrogen (secondary N) is 1. The van der Waals surface area contributed by atoms with Crippen molar-refractivity contribution in [1.82, 2.24) is 19.9 Å². The summed E-state index contributed by atoms with van der Waals surface area (Å²) in [4.78, 5) is 39.4. The number of nitrogens with zero attached hydrogens (tertiary/aromatic N) is 3. The number of aromatic nitrogens is 3. The van der Waals surface area contributed by atoms with Crippen molar-refractivity contribution < 1.29 is 9.53 Å². The van der Waals surface area contributed by atoms with E-state index in [1.54, 1.807) is 34.6 Å². The smallest absolute Gasteiger partial charge is 0.254 e. The molecule has 1 fully saturated rings. The molecule has 7 nitrogen and oxygen atoms in total. The Morgan fingerprint density at radius 3 is 3.04 bits per heavy atom. The third kappa shape index (κ3) is 3.82. The predicted octanol–water partition coefficient (Wildman–Crippen LogP) is 2.92. The average Bonchev–Trinajstić information content (AvgIpc) is 3.28. The van der Waals surface area contributed by atoms with Crippen molar-refractivity contribution >= 4 is 17.2 Å². The second-order valence-electron chi connectivity index (χ2n) is 6.67. The molecule has 0 radical (unpaired) electrons. The van der Waals surface area contributed by atoms with Gasteiger partial charge in [0.2, 0.25) is 5.88 Å². The molecule has 1 unspecified atom stereocenters. The highest BCUT2D eigenvalue weighted by Gasteiger charge is 2.27. The molecular formula is C20H20N4O3S. The van der Waals surface area contributed by atoms with Gasteiger partial charge in [-0.2, -0.15) is 0 Å². The number of piperidine rings is 1. The van der Waals surface area contributed by atoms with E-state index in [4.69, 9.17) is 4.74 Å². The maximum Gasteiger partial charge on any atom is 0.254 e. The molecule has 3 aromatic rings. The summed E-state index contributed by atoms with van der Waals surface area (Å²) in [5.41, 5.74) is 1.05. The van der Waals surface area contributed by atoms with Crippen LogP contribution in [0.1, 0.15) is 34.9 Å². The maximum atomic E-state index is 12.9. The lowest BCUT2D eigenvalue weighted by atomic mass is 9.96. The Labute approximate surface area is 166 Å². The van der Waals surface area contributed by atoms with E-state index in [1.807, 2.05) is 17.5 Å². The lowest BCUT2D eigenvalue weighted by Crippen LogP contribution is -2.40. The zero-order valence-corrected chi connectivity index (χ0v) is 16.2. The number of rotatable bonds is 4. The number of hydrogen-bond acceptors (Lipinski definition) is 6. The SMILES string of the molecule is COc1cc(C(=O)N2CCCC(c3nc(-c4cccs4)cc(=O)[nH]3)C2)ccn1. The van der Waals surface area contributed by atoms with Crippen molar-refractivity contribution in [2.24, 2.45) is 0 Å². The molecule has 1 saturated heterocycles. The summed E-state index contributed by atoms with van der Waals surface area (Å²) < 4.78 is 5.11. The highest BCUT2D eigenvalue weighted by atomic mass is 32.1. The molecule has 1 aliphatic heterocycles. The molecule has 4 heterocycles. The van der Waals surface area contributed by atoms with Gasteiger partial charge >= 0.3 is 0 Å². The standard InChI is InChI=1S/C20H20N4O3S/c1-27-18-10-13(6-7-21-18)20(26)24-8-2-4-14(12-24)19-22-15(11-17(25)23-19)16-5-3-9-28-16/h3,5-7,9-11,14H,2,4,8,12H2,1H3,(H,22,23,25). The summed E-state index contributed by atoms with van der Waals surface area (Å²) >= 11 is 1.55. The summed E-state index contributed by atoms with van der Waals surface area (Å²) in [6, 6.07) is 8.73. The van der Waals surface area contributed by atoms with Gasteiger partial charge in [-0.15, -0.1) is 11.3 Å². The van der Waals surface area contributed by atoms with E-state index >= 15 is 0 Å². The first-order chi connectivity index (χ1) is 13.6. The first-order valence-electron chi connectivity index (χ1n) is 9.08. The second kappa shape index (κ2) is 7.93. The van der Waals surface area contributed by atoms with Crippen LogP contribution in [0.4, 0.5) is 0 Å². The lowest BCUT2D eigenvalue weighted by molar-refractivity contribution is 0.0704. The topological polar surface area (TPSA) is 88.2 Å². The minimum atomic E-state index is -0.171. The van der Waals surface area contributed by atoms with Crippen LogP contribution in [0.5, 0.6) is 5.88 Å². The average molecular weight is 396 g/mol. The van der Waals surface area contributed by atoms with Gasteiger partial charge in [-0.1, -0.05) is 6.07 Å². The van der Waals surface area contributed by atoms with E-state index < -0.39 is 0 Å². The molecule has 3 aromatic heterocycles. The van der Waals surface area contributed by atoms with Crippen LogP contribution in [-0.4, -0.2) is 46.0 Å². The Balaban J connectivity index is 1.57. The van der Waals surface area contributed by atoms with Crippen LogP contribution >= 0.6 is 11.3 Å². The number of ether oxygens (including phenoxy) is 1. The summed E-state index contributed by atoms with van der Waals surface area (Å²) in [6.45, 7) is 1.19. The first kappa shape index (κ1) is 18.4. The van der Waals surface area contributed by atoms with Gasteiger partial charge < -0.3 is 14.6 Å². The van der Waals surface area contributed by atoms with Crippen LogP contribution in [0.15, 0.2) is 46.7 Å². The second-order valence-corrected chi connectivity index (χ2v) is 7.62. The van der Waals surface area contributed by atoms with E-state index in [2.05, 4.69) is 15.0 Å². The van der Waals surface area contributed by atoms with Crippen LogP contribution in [0.2, 0.25) is 0 Å².